The van der Waals surface area contributed by atoms with Crippen LogP contribution < -0.4 is 5.48 Å². The lowest BCUT2D eigenvalue weighted by molar-refractivity contribution is -0.151. The van der Waals surface area contributed by atoms with E-state index in [0.717, 1.165) is 5.56 Å². The summed E-state index contributed by atoms with van der Waals surface area (Å²) in [6.45, 7) is 1.18. The summed E-state index contributed by atoms with van der Waals surface area (Å²) in [6, 6.07) is 8.96. The average Bonchev–Trinajstić information content (AvgIpc) is 2.41. The molecule has 110 valence electrons. The zero-order chi connectivity index (χ0) is 15.2. The van der Waals surface area contributed by atoms with E-state index in [1.165, 1.54) is 0 Å². The van der Waals surface area contributed by atoms with Crippen LogP contribution in [-0.4, -0.2) is 22.5 Å². The number of hydroxylamine groups is 1. The summed E-state index contributed by atoms with van der Waals surface area (Å²) in [4.78, 5) is 27.4. The quantitative estimate of drug-likeness (QED) is 0.677. The standard InChI is InChI=1S/C12H12Cl3NO4/c1-8(9-5-3-2-4-6-9)10(17)20-16-11(18)19-7-12(13,14)15/h2-6,8H,7H2,1H3,(H,16,18). The zero-order valence-electron chi connectivity index (χ0n) is 10.4. The Morgan fingerprint density at radius 3 is 2.40 bits per heavy atom. The van der Waals surface area contributed by atoms with Crippen molar-refractivity contribution >= 4 is 46.9 Å². The Bertz CT molecular complexity index is 462. The first kappa shape index (κ1) is 16.9. The van der Waals surface area contributed by atoms with Crippen LogP contribution in [0.5, 0.6) is 0 Å². The molecule has 1 atom stereocenters. The molecule has 1 aromatic carbocycles. The van der Waals surface area contributed by atoms with Gasteiger partial charge in [0, 0.05) is 0 Å². The molecule has 0 saturated carbocycles. The van der Waals surface area contributed by atoms with Crippen molar-refractivity contribution in [2.75, 3.05) is 6.61 Å². The monoisotopic (exact) mass is 339 g/mol. The molecule has 0 fully saturated rings. The van der Waals surface area contributed by atoms with E-state index in [0.29, 0.717) is 0 Å². The van der Waals surface area contributed by atoms with Crippen molar-refractivity contribution < 1.29 is 19.2 Å². The summed E-state index contributed by atoms with van der Waals surface area (Å²) in [5, 5.41) is 0. The van der Waals surface area contributed by atoms with Gasteiger partial charge in [-0.25, -0.2) is 9.59 Å². The van der Waals surface area contributed by atoms with Crippen molar-refractivity contribution in [3.8, 4) is 0 Å². The molecular formula is C12H12Cl3NO4. The first-order chi connectivity index (χ1) is 9.29. The molecule has 8 heteroatoms. The molecule has 1 N–H and O–H groups in total. The number of halogens is 3. The summed E-state index contributed by atoms with van der Waals surface area (Å²) in [5.74, 6) is -1.17. The molecule has 0 saturated heterocycles. The summed E-state index contributed by atoms with van der Waals surface area (Å²) in [7, 11) is 0. The molecule has 0 aliphatic heterocycles. The highest BCUT2D eigenvalue weighted by atomic mass is 35.6. The van der Waals surface area contributed by atoms with E-state index in [9.17, 15) is 9.59 Å². The summed E-state index contributed by atoms with van der Waals surface area (Å²) in [5.41, 5.74) is 2.58. The molecule has 0 radical (unpaired) electrons. The molecule has 20 heavy (non-hydrogen) atoms. The number of rotatable bonds is 3. The fraction of sp³-hybridized carbons (Fsp3) is 0.333. The smallest absolute Gasteiger partial charge is 0.440 e. The molecule has 0 bridgehead atoms. The fourth-order valence-electron chi connectivity index (χ4n) is 1.23. The Kier molecular flexibility index (Phi) is 6.39. The number of carbonyl (C=O) groups excluding carboxylic acids is 2. The second-order valence-electron chi connectivity index (χ2n) is 3.85. The minimum absolute atomic E-state index is 0.463. The predicted molar refractivity (Wildman–Crippen MR) is 75.7 cm³/mol. The highest BCUT2D eigenvalue weighted by molar-refractivity contribution is 6.67. The van der Waals surface area contributed by atoms with Crippen molar-refractivity contribution in [1.29, 1.82) is 0 Å². The van der Waals surface area contributed by atoms with E-state index in [1.807, 2.05) is 11.5 Å². The molecule has 1 rings (SSSR count). The highest BCUT2D eigenvalue weighted by Gasteiger charge is 2.23. The second-order valence-corrected chi connectivity index (χ2v) is 6.36. The molecule has 1 unspecified atom stereocenters. The molecule has 1 aromatic rings. The van der Waals surface area contributed by atoms with Crippen LogP contribution in [0.1, 0.15) is 18.4 Å². The molecule has 0 heterocycles. The number of benzene rings is 1. The van der Waals surface area contributed by atoms with Gasteiger partial charge in [0.15, 0.2) is 0 Å². The zero-order valence-corrected chi connectivity index (χ0v) is 12.7. The third-order valence-electron chi connectivity index (χ3n) is 2.26. The van der Waals surface area contributed by atoms with Gasteiger partial charge < -0.3 is 9.57 Å². The van der Waals surface area contributed by atoms with Crippen molar-refractivity contribution in [1.82, 2.24) is 5.48 Å². The number of hydrogen-bond acceptors (Lipinski definition) is 4. The molecule has 1 amide bonds. The predicted octanol–water partition coefficient (Wildman–Crippen LogP) is 3.34. The van der Waals surface area contributed by atoms with Crippen LogP contribution in [-0.2, 0) is 14.4 Å². The summed E-state index contributed by atoms with van der Waals surface area (Å²) in [6.07, 6.45) is -1.02. The van der Waals surface area contributed by atoms with Crippen LogP contribution in [0.25, 0.3) is 0 Å². The lowest BCUT2D eigenvalue weighted by Gasteiger charge is -2.13. The maximum absolute atomic E-state index is 11.7. The number of alkyl halides is 3. The second kappa shape index (κ2) is 7.57. The van der Waals surface area contributed by atoms with E-state index >= 15 is 0 Å². The van der Waals surface area contributed by atoms with Gasteiger partial charge in [-0.3, -0.25) is 0 Å². The van der Waals surface area contributed by atoms with Gasteiger partial charge in [-0.1, -0.05) is 65.1 Å². The average molecular weight is 341 g/mol. The normalized spacial score (nSPS) is 12.4. The topological polar surface area (TPSA) is 64.6 Å². The lowest BCUT2D eigenvalue weighted by Crippen LogP contribution is -2.31. The van der Waals surface area contributed by atoms with Gasteiger partial charge in [-0.15, -0.1) is 5.48 Å². The van der Waals surface area contributed by atoms with E-state index < -0.39 is 28.4 Å². The van der Waals surface area contributed by atoms with Crippen molar-refractivity contribution in [2.24, 2.45) is 0 Å². The number of hydrogen-bond donors (Lipinski definition) is 1. The van der Waals surface area contributed by atoms with Crippen molar-refractivity contribution in [3.63, 3.8) is 0 Å². The summed E-state index contributed by atoms with van der Waals surface area (Å²) >= 11 is 16.2. The fourth-order valence-corrected chi connectivity index (χ4v) is 1.40. The van der Waals surface area contributed by atoms with Crippen LogP contribution >= 0.6 is 34.8 Å². The van der Waals surface area contributed by atoms with Crippen LogP contribution in [0.4, 0.5) is 4.79 Å². The van der Waals surface area contributed by atoms with Crippen LogP contribution in [0.2, 0.25) is 0 Å². The maximum Gasteiger partial charge on any atom is 0.440 e. The van der Waals surface area contributed by atoms with Gasteiger partial charge >= 0.3 is 12.1 Å². The molecular weight excluding hydrogens is 328 g/mol. The Hall–Kier alpha value is -1.17. The molecule has 0 aromatic heterocycles. The molecule has 0 spiro atoms. The van der Waals surface area contributed by atoms with Gasteiger partial charge in [0.2, 0.25) is 3.79 Å². The van der Waals surface area contributed by atoms with Gasteiger partial charge in [0.05, 0.1) is 5.92 Å². The third kappa shape index (κ3) is 6.32. The van der Waals surface area contributed by atoms with E-state index in [-0.39, 0.29) is 0 Å². The number of amides is 1. The SMILES string of the molecule is CC(C(=O)ONC(=O)OCC(Cl)(Cl)Cl)c1ccccc1. The highest BCUT2D eigenvalue weighted by Crippen LogP contribution is 2.25. The minimum atomic E-state index is -1.72. The molecule has 0 aliphatic rings. The van der Waals surface area contributed by atoms with Gasteiger partial charge in [0.25, 0.3) is 0 Å². The van der Waals surface area contributed by atoms with Crippen LogP contribution in [0.3, 0.4) is 0 Å². The Morgan fingerprint density at radius 2 is 1.85 bits per heavy atom. The van der Waals surface area contributed by atoms with E-state index in [4.69, 9.17) is 34.8 Å². The molecule has 5 nitrogen and oxygen atoms in total. The maximum atomic E-state index is 11.7. The van der Waals surface area contributed by atoms with E-state index in [2.05, 4.69) is 9.57 Å². The van der Waals surface area contributed by atoms with Crippen LogP contribution in [0.15, 0.2) is 30.3 Å². The van der Waals surface area contributed by atoms with E-state index in [1.54, 1.807) is 31.2 Å². The van der Waals surface area contributed by atoms with Crippen molar-refractivity contribution in [2.45, 2.75) is 16.6 Å². The first-order valence-corrected chi connectivity index (χ1v) is 6.68. The first-order valence-electron chi connectivity index (χ1n) is 5.55. The number of nitrogens with one attached hydrogen (secondary N) is 1. The number of ether oxygens (including phenoxy) is 1. The lowest BCUT2D eigenvalue weighted by atomic mass is 10.0. The Balaban J connectivity index is 2.38. The van der Waals surface area contributed by atoms with Gasteiger partial charge in [-0.2, -0.15) is 0 Å². The van der Waals surface area contributed by atoms with Crippen molar-refractivity contribution in [3.05, 3.63) is 35.9 Å². The van der Waals surface area contributed by atoms with Gasteiger partial charge in [0.1, 0.15) is 6.61 Å². The largest absolute Gasteiger partial charge is 0.443 e. The van der Waals surface area contributed by atoms with Crippen LogP contribution in [0, 0.1) is 0 Å². The Morgan fingerprint density at radius 1 is 1.25 bits per heavy atom. The minimum Gasteiger partial charge on any atom is -0.443 e. The Labute approximate surface area is 131 Å². The molecule has 0 aliphatic carbocycles. The number of carbonyl (C=O) groups is 2. The summed E-state index contributed by atoms with van der Waals surface area (Å²) < 4.78 is 2.80. The third-order valence-corrected chi connectivity index (χ3v) is 2.58. The van der Waals surface area contributed by atoms with Gasteiger partial charge in [-0.05, 0) is 12.5 Å².